The van der Waals surface area contributed by atoms with Crippen molar-refractivity contribution in [2.75, 3.05) is 20.1 Å². The Labute approximate surface area is 166 Å². The second kappa shape index (κ2) is 8.46. The number of amides is 1. The third kappa shape index (κ3) is 5.12. The van der Waals surface area contributed by atoms with Gasteiger partial charge in [0.25, 0.3) is 0 Å². The lowest BCUT2D eigenvalue weighted by molar-refractivity contribution is 0.0507. The SMILES string of the molecule is CN=C(NCc1cccc2cccnc12)N1CCC(NC(=O)OC(C)(C)C)C1. The van der Waals surface area contributed by atoms with Crippen LogP contribution in [0, 0.1) is 0 Å². The van der Waals surface area contributed by atoms with Crippen LogP contribution in [0.4, 0.5) is 4.79 Å². The van der Waals surface area contributed by atoms with Gasteiger partial charge in [-0.25, -0.2) is 4.79 Å². The summed E-state index contributed by atoms with van der Waals surface area (Å²) in [6.45, 7) is 7.76. The van der Waals surface area contributed by atoms with Gasteiger partial charge in [-0.2, -0.15) is 0 Å². The molecule has 1 unspecified atom stereocenters. The number of pyridine rings is 1. The predicted octanol–water partition coefficient (Wildman–Crippen LogP) is 2.91. The summed E-state index contributed by atoms with van der Waals surface area (Å²) < 4.78 is 5.35. The van der Waals surface area contributed by atoms with Crippen molar-refractivity contribution in [2.24, 2.45) is 4.99 Å². The molecule has 0 aliphatic carbocycles. The maximum absolute atomic E-state index is 12.0. The summed E-state index contributed by atoms with van der Waals surface area (Å²) in [6.07, 6.45) is 2.30. The smallest absolute Gasteiger partial charge is 0.407 e. The number of guanidine groups is 1. The van der Waals surface area contributed by atoms with E-state index in [9.17, 15) is 4.79 Å². The Morgan fingerprint density at radius 1 is 1.32 bits per heavy atom. The number of fused-ring (bicyclic) bond motifs is 1. The van der Waals surface area contributed by atoms with Crippen LogP contribution in [0.1, 0.15) is 32.8 Å². The van der Waals surface area contributed by atoms with E-state index in [-0.39, 0.29) is 12.1 Å². The Balaban J connectivity index is 1.57. The van der Waals surface area contributed by atoms with E-state index in [2.05, 4.69) is 43.7 Å². The third-order valence-electron chi connectivity index (χ3n) is 4.57. The van der Waals surface area contributed by atoms with Gasteiger partial charge in [-0.3, -0.25) is 9.98 Å². The number of aromatic nitrogens is 1. The summed E-state index contributed by atoms with van der Waals surface area (Å²) in [4.78, 5) is 23.1. The first-order valence-corrected chi connectivity index (χ1v) is 9.63. The number of ether oxygens (including phenoxy) is 1. The van der Waals surface area contributed by atoms with Crippen LogP contribution in [0.15, 0.2) is 41.5 Å². The first-order chi connectivity index (χ1) is 13.4. The minimum absolute atomic E-state index is 0.0487. The molecule has 7 heteroatoms. The van der Waals surface area contributed by atoms with Crippen LogP contribution >= 0.6 is 0 Å². The molecule has 1 amide bonds. The average molecular weight is 383 g/mol. The van der Waals surface area contributed by atoms with E-state index < -0.39 is 5.60 Å². The second-order valence-electron chi connectivity index (χ2n) is 7.97. The van der Waals surface area contributed by atoms with Crippen molar-refractivity contribution in [3.8, 4) is 0 Å². The normalized spacial score (nSPS) is 17.6. The quantitative estimate of drug-likeness (QED) is 0.629. The molecule has 2 heterocycles. The number of nitrogens with one attached hydrogen (secondary N) is 2. The van der Waals surface area contributed by atoms with Gasteiger partial charge >= 0.3 is 6.09 Å². The van der Waals surface area contributed by atoms with Gasteiger partial charge in [0.1, 0.15) is 5.60 Å². The van der Waals surface area contributed by atoms with Crippen LogP contribution < -0.4 is 10.6 Å². The lowest BCUT2D eigenvalue weighted by Crippen LogP contribution is -2.44. The first-order valence-electron chi connectivity index (χ1n) is 9.63. The maximum atomic E-state index is 12.0. The molecular weight excluding hydrogens is 354 g/mol. The molecule has 28 heavy (non-hydrogen) atoms. The second-order valence-corrected chi connectivity index (χ2v) is 7.97. The number of carbonyl (C=O) groups excluding carboxylic acids is 1. The first kappa shape index (κ1) is 19.9. The molecule has 3 rings (SSSR count). The van der Waals surface area contributed by atoms with Gasteiger partial charge in [0.15, 0.2) is 5.96 Å². The van der Waals surface area contributed by atoms with Gasteiger partial charge in [-0.15, -0.1) is 0 Å². The molecule has 0 bridgehead atoms. The fourth-order valence-electron chi connectivity index (χ4n) is 3.36. The zero-order valence-electron chi connectivity index (χ0n) is 17.0. The monoisotopic (exact) mass is 383 g/mol. The highest BCUT2D eigenvalue weighted by molar-refractivity contribution is 5.83. The summed E-state index contributed by atoms with van der Waals surface area (Å²) in [5, 5.41) is 7.50. The van der Waals surface area contributed by atoms with Gasteiger partial charge in [0, 0.05) is 38.3 Å². The van der Waals surface area contributed by atoms with Gasteiger partial charge in [-0.1, -0.05) is 24.3 Å². The lowest BCUT2D eigenvalue weighted by atomic mass is 10.1. The molecule has 0 spiro atoms. The number of para-hydroxylation sites is 1. The molecular formula is C21H29N5O2. The van der Waals surface area contributed by atoms with Crippen molar-refractivity contribution < 1.29 is 9.53 Å². The van der Waals surface area contributed by atoms with E-state index in [1.54, 1.807) is 7.05 Å². The van der Waals surface area contributed by atoms with Crippen LogP contribution in [0.3, 0.4) is 0 Å². The Bertz CT molecular complexity index is 854. The maximum Gasteiger partial charge on any atom is 0.407 e. The largest absolute Gasteiger partial charge is 0.444 e. The zero-order chi connectivity index (χ0) is 20.1. The molecule has 1 aliphatic rings. The molecule has 150 valence electrons. The van der Waals surface area contributed by atoms with E-state index in [0.29, 0.717) is 13.1 Å². The molecule has 0 radical (unpaired) electrons. The Hall–Kier alpha value is -2.83. The number of aliphatic imine (C=N–C) groups is 1. The number of rotatable bonds is 3. The van der Waals surface area contributed by atoms with E-state index in [0.717, 1.165) is 35.4 Å². The molecule has 1 atom stereocenters. The van der Waals surface area contributed by atoms with Crippen molar-refractivity contribution in [1.29, 1.82) is 0 Å². The highest BCUT2D eigenvalue weighted by Crippen LogP contribution is 2.16. The number of benzene rings is 1. The fourth-order valence-corrected chi connectivity index (χ4v) is 3.36. The van der Waals surface area contributed by atoms with Crippen molar-refractivity contribution in [1.82, 2.24) is 20.5 Å². The van der Waals surface area contributed by atoms with Gasteiger partial charge < -0.3 is 20.3 Å². The fraction of sp³-hybridized carbons (Fsp3) is 0.476. The van der Waals surface area contributed by atoms with Gasteiger partial charge in [0.2, 0.25) is 0 Å². The molecule has 7 nitrogen and oxygen atoms in total. The third-order valence-corrected chi connectivity index (χ3v) is 4.57. The predicted molar refractivity (Wildman–Crippen MR) is 111 cm³/mol. The summed E-state index contributed by atoms with van der Waals surface area (Å²) in [7, 11) is 1.78. The molecule has 1 aliphatic heterocycles. The summed E-state index contributed by atoms with van der Waals surface area (Å²) in [5.74, 6) is 0.821. The highest BCUT2D eigenvalue weighted by atomic mass is 16.6. The van der Waals surface area contributed by atoms with Crippen LogP contribution in [-0.2, 0) is 11.3 Å². The molecule has 1 aromatic heterocycles. The summed E-state index contributed by atoms with van der Waals surface area (Å²) >= 11 is 0. The Morgan fingerprint density at radius 2 is 2.11 bits per heavy atom. The van der Waals surface area contributed by atoms with Gasteiger partial charge in [-0.05, 0) is 38.8 Å². The van der Waals surface area contributed by atoms with Crippen LogP contribution in [0.5, 0.6) is 0 Å². The van der Waals surface area contributed by atoms with E-state index in [1.807, 2.05) is 39.1 Å². The van der Waals surface area contributed by atoms with Crippen molar-refractivity contribution in [3.05, 3.63) is 42.1 Å². The molecule has 2 N–H and O–H groups in total. The molecule has 2 aromatic rings. The van der Waals surface area contributed by atoms with E-state index in [4.69, 9.17) is 4.74 Å². The number of carbonyl (C=O) groups is 1. The van der Waals surface area contributed by atoms with Crippen LogP contribution in [0.25, 0.3) is 10.9 Å². The minimum Gasteiger partial charge on any atom is -0.444 e. The lowest BCUT2D eigenvalue weighted by Gasteiger charge is -2.23. The number of nitrogens with zero attached hydrogens (tertiary/aromatic N) is 3. The topological polar surface area (TPSA) is 78.9 Å². The number of likely N-dealkylation sites (tertiary alicyclic amines) is 1. The van der Waals surface area contributed by atoms with Gasteiger partial charge in [0.05, 0.1) is 11.6 Å². The van der Waals surface area contributed by atoms with E-state index >= 15 is 0 Å². The molecule has 1 fully saturated rings. The van der Waals surface area contributed by atoms with Crippen LogP contribution in [-0.4, -0.2) is 53.7 Å². The molecule has 1 aromatic carbocycles. The average Bonchev–Trinajstić information content (AvgIpc) is 3.09. The van der Waals surface area contributed by atoms with E-state index in [1.165, 1.54) is 0 Å². The molecule has 0 saturated carbocycles. The number of hydrogen-bond acceptors (Lipinski definition) is 4. The minimum atomic E-state index is -0.494. The molecule has 1 saturated heterocycles. The van der Waals surface area contributed by atoms with Crippen molar-refractivity contribution in [3.63, 3.8) is 0 Å². The van der Waals surface area contributed by atoms with Crippen LogP contribution in [0.2, 0.25) is 0 Å². The van der Waals surface area contributed by atoms with Crippen molar-refractivity contribution >= 4 is 23.0 Å². The zero-order valence-corrected chi connectivity index (χ0v) is 17.0. The summed E-state index contributed by atoms with van der Waals surface area (Å²) in [6, 6.07) is 10.2. The highest BCUT2D eigenvalue weighted by Gasteiger charge is 2.27. The Kier molecular flexibility index (Phi) is 6.02. The standard InChI is InChI=1S/C21H29N5O2/c1-21(2,3)28-20(27)25-17-10-12-26(14-17)19(22-4)24-13-16-8-5-7-15-9-6-11-23-18(15)16/h5-9,11,17H,10,12-14H2,1-4H3,(H,22,24)(H,25,27). The number of hydrogen-bond donors (Lipinski definition) is 2. The number of alkyl carbamates (subject to hydrolysis) is 1. The summed E-state index contributed by atoms with van der Waals surface area (Å²) in [5.41, 5.74) is 1.63. The van der Waals surface area contributed by atoms with Crippen molar-refractivity contribution in [2.45, 2.75) is 45.4 Å². The Morgan fingerprint density at radius 3 is 2.86 bits per heavy atom.